The molecule has 41 heavy (non-hydrogen) atoms. The van der Waals surface area contributed by atoms with E-state index in [-0.39, 0.29) is 24.5 Å². The molecule has 3 heterocycles. The Kier molecular flexibility index (Phi) is 8.54. The fraction of sp³-hybridized carbons (Fsp3) is 0.697. The minimum absolute atomic E-state index is 0.0737. The van der Waals surface area contributed by atoms with Crippen molar-refractivity contribution in [1.82, 2.24) is 25.3 Å². The van der Waals surface area contributed by atoms with E-state index in [1.807, 2.05) is 4.90 Å². The van der Waals surface area contributed by atoms with Crippen molar-refractivity contribution in [3.05, 3.63) is 47.5 Å². The van der Waals surface area contributed by atoms with E-state index >= 15 is 0 Å². The first-order chi connectivity index (χ1) is 19.9. The van der Waals surface area contributed by atoms with Gasteiger partial charge in [-0.2, -0.15) is 5.26 Å². The second-order valence-electron chi connectivity index (χ2n) is 13.4. The summed E-state index contributed by atoms with van der Waals surface area (Å²) in [6.07, 6.45) is 11.3. The van der Waals surface area contributed by atoms with Crippen LogP contribution < -0.4 is 10.6 Å². The van der Waals surface area contributed by atoms with Gasteiger partial charge < -0.3 is 14.5 Å². The summed E-state index contributed by atoms with van der Waals surface area (Å²) in [4.78, 5) is 19.3. The minimum atomic E-state index is -0.203. The molecule has 4 fully saturated rings. The van der Waals surface area contributed by atoms with E-state index in [2.05, 4.69) is 65.3 Å². The van der Waals surface area contributed by atoms with Gasteiger partial charge in [-0.25, -0.2) is 0 Å². The number of rotatable bonds is 6. The summed E-state index contributed by atoms with van der Waals surface area (Å²) in [5.41, 5.74) is 4.91. The Morgan fingerprint density at radius 1 is 1.22 bits per heavy atom. The molecule has 2 aliphatic carbocycles. The Hall–Kier alpha value is -2.28. The lowest BCUT2D eigenvalue weighted by molar-refractivity contribution is -0.137. The van der Waals surface area contributed by atoms with E-state index in [4.69, 9.17) is 4.74 Å². The summed E-state index contributed by atoms with van der Waals surface area (Å²) in [5.74, 6) is 0.382. The Bertz CT molecular complexity index is 1170. The molecule has 7 atom stereocenters. The number of nitrogens with one attached hydrogen (secondary N) is 2. The maximum atomic E-state index is 12.6. The SMILES string of the molecule is C=CC(=O)N1CCN(C2NC(OCC3CCCN3C)NC3CC4(CCc5cccc(C)c5C4)CCC32)CC1CC#N. The van der Waals surface area contributed by atoms with Crippen molar-refractivity contribution in [3.8, 4) is 6.07 Å². The van der Waals surface area contributed by atoms with E-state index in [9.17, 15) is 10.1 Å². The highest BCUT2D eigenvalue weighted by Gasteiger charge is 2.50. The van der Waals surface area contributed by atoms with Gasteiger partial charge in [0, 0.05) is 37.6 Å². The first-order valence-electron chi connectivity index (χ1n) is 15.8. The summed E-state index contributed by atoms with van der Waals surface area (Å²) >= 11 is 0. The number of carbonyl (C=O) groups is 1. The molecule has 3 saturated heterocycles. The molecule has 5 aliphatic rings. The number of nitriles is 1. The van der Waals surface area contributed by atoms with E-state index in [1.165, 1.54) is 63.0 Å². The monoisotopic (exact) mass is 560 g/mol. The first kappa shape index (κ1) is 28.8. The molecule has 0 aromatic heterocycles. The molecule has 1 saturated carbocycles. The zero-order chi connectivity index (χ0) is 28.6. The number of benzene rings is 1. The van der Waals surface area contributed by atoms with Gasteiger partial charge in [0.1, 0.15) is 0 Å². The van der Waals surface area contributed by atoms with Gasteiger partial charge in [-0.05, 0) is 100 Å². The number of aryl methyl sites for hydroxylation is 2. The molecule has 7 unspecified atom stereocenters. The van der Waals surface area contributed by atoms with Gasteiger partial charge in [-0.1, -0.05) is 24.8 Å². The molecule has 8 heteroatoms. The average molecular weight is 561 g/mol. The number of ether oxygens (including phenoxy) is 1. The number of fused-ring (bicyclic) bond motifs is 2. The summed E-state index contributed by atoms with van der Waals surface area (Å²) in [7, 11) is 2.20. The smallest absolute Gasteiger partial charge is 0.246 e. The third-order valence-corrected chi connectivity index (χ3v) is 11.1. The molecular formula is C33H48N6O2. The predicted molar refractivity (Wildman–Crippen MR) is 160 cm³/mol. The second-order valence-corrected chi connectivity index (χ2v) is 13.4. The fourth-order valence-electron chi connectivity index (χ4n) is 8.67. The van der Waals surface area contributed by atoms with Gasteiger partial charge in [0.2, 0.25) is 5.91 Å². The van der Waals surface area contributed by atoms with E-state index in [1.54, 1.807) is 11.1 Å². The van der Waals surface area contributed by atoms with Crippen LogP contribution in [0.15, 0.2) is 30.9 Å². The van der Waals surface area contributed by atoms with Crippen molar-refractivity contribution in [3.63, 3.8) is 0 Å². The van der Waals surface area contributed by atoms with Gasteiger partial charge >= 0.3 is 0 Å². The van der Waals surface area contributed by atoms with Crippen LogP contribution in [0.3, 0.4) is 0 Å². The Balaban J connectivity index is 1.21. The van der Waals surface area contributed by atoms with Gasteiger partial charge in [0.25, 0.3) is 0 Å². The lowest BCUT2D eigenvalue weighted by Gasteiger charge is -2.56. The summed E-state index contributed by atoms with van der Waals surface area (Å²) in [6, 6.07) is 9.87. The van der Waals surface area contributed by atoms with Crippen molar-refractivity contribution in [1.29, 1.82) is 5.26 Å². The van der Waals surface area contributed by atoms with Gasteiger partial charge in [-0.15, -0.1) is 0 Å². The molecule has 3 aliphatic heterocycles. The summed E-state index contributed by atoms with van der Waals surface area (Å²) in [5, 5.41) is 17.4. The summed E-state index contributed by atoms with van der Waals surface area (Å²) in [6.45, 7) is 9.95. The Morgan fingerprint density at radius 3 is 2.88 bits per heavy atom. The molecule has 1 spiro atoms. The lowest BCUT2D eigenvalue weighted by Crippen LogP contribution is -2.72. The molecule has 222 valence electrons. The first-order valence-corrected chi connectivity index (χ1v) is 15.8. The Labute approximate surface area is 246 Å². The maximum absolute atomic E-state index is 12.6. The number of piperazine rings is 1. The minimum Gasteiger partial charge on any atom is -0.348 e. The zero-order valence-corrected chi connectivity index (χ0v) is 25.0. The predicted octanol–water partition coefficient (Wildman–Crippen LogP) is 3.16. The standard InChI is InChI=1S/C33H48N6O2/c1-4-30(40)39-18-17-38(21-25(39)12-15-34)31-27-11-14-33(13-10-24-8-5-7-23(2)28(24)19-33)20-29(27)35-32(36-31)41-22-26-9-6-16-37(26)3/h4-5,7-8,25-27,29,31-32,35-36H,1,6,9-14,16-22H2,2-3H3. The van der Waals surface area contributed by atoms with Crippen molar-refractivity contribution < 1.29 is 9.53 Å². The van der Waals surface area contributed by atoms with Gasteiger partial charge in [0.15, 0.2) is 6.35 Å². The topological polar surface area (TPSA) is 83.9 Å². The molecule has 0 bridgehead atoms. The van der Waals surface area contributed by atoms with Crippen LogP contribution in [0.5, 0.6) is 0 Å². The molecule has 8 nitrogen and oxygen atoms in total. The highest BCUT2D eigenvalue weighted by atomic mass is 16.5. The molecule has 1 aromatic carbocycles. The maximum Gasteiger partial charge on any atom is 0.246 e. The van der Waals surface area contributed by atoms with Crippen LogP contribution in [0, 0.1) is 29.6 Å². The van der Waals surface area contributed by atoms with Crippen LogP contribution in [-0.2, 0) is 22.4 Å². The van der Waals surface area contributed by atoms with Crippen LogP contribution in [0.4, 0.5) is 0 Å². The zero-order valence-electron chi connectivity index (χ0n) is 25.0. The fourth-order valence-corrected chi connectivity index (χ4v) is 8.67. The highest BCUT2D eigenvalue weighted by molar-refractivity contribution is 5.87. The van der Waals surface area contributed by atoms with Crippen molar-refractivity contribution in [2.75, 3.05) is 39.8 Å². The van der Waals surface area contributed by atoms with Gasteiger partial charge in [-0.3, -0.25) is 20.3 Å². The number of hydrogen-bond acceptors (Lipinski definition) is 7. The van der Waals surface area contributed by atoms with E-state index in [0.29, 0.717) is 42.9 Å². The molecule has 0 radical (unpaired) electrons. The second kappa shape index (κ2) is 12.1. The highest BCUT2D eigenvalue weighted by Crippen LogP contribution is 2.50. The molecule has 1 amide bonds. The lowest BCUT2D eigenvalue weighted by atomic mass is 9.59. The quantitative estimate of drug-likeness (QED) is 0.517. The molecule has 1 aromatic rings. The van der Waals surface area contributed by atoms with Crippen LogP contribution in [-0.4, -0.2) is 91.1 Å². The van der Waals surface area contributed by atoms with Crippen LogP contribution in [0.25, 0.3) is 0 Å². The van der Waals surface area contributed by atoms with Crippen molar-refractivity contribution in [2.24, 2.45) is 11.3 Å². The molecule has 2 N–H and O–H groups in total. The third kappa shape index (κ3) is 5.85. The average Bonchev–Trinajstić information content (AvgIpc) is 3.40. The third-order valence-electron chi connectivity index (χ3n) is 11.1. The number of likely N-dealkylation sites (tertiary alicyclic amines) is 1. The van der Waals surface area contributed by atoms with E-state index in [0.717, 1.165) is 19.7 Å². The van der Waals surface area contributed by atoms with Crippen molar-refractivity contribution in [2.45, 2.75) is 95.4 Å². The largest absolute Gasteiger partial charge is 0.348 e. The van der Waals surface area contributed by atoms with Crippen molar-refractivity contribution >= 4 is 5.91 Å². The number of nitrogens with zero attached hydrogens (tertiary/aromatic N) is 4. The number of amides is 1. The number of hydrogen-bond donors (Lipinski definition) is 2. The normalized spacial score (nSPS) is 36.0. The number of carbonyl (C=O) groups excluding carboxylic acids is 1. The molecular weight excluding hydrogens is 512 g/mol. The van der Waals surface area contributed by atoms with Crippen LogP contribution >= 0.6 is 0 Å². The summed E-state index contributed by atoms with van der Waals surface area (Å²) < 4.78 is 6.59. The molecule has 6 rings (SSSR count). The van der Waals surface area contributed by atoms with Crippen LogP contribution in [0.1, 0.15) is 61.6 Å². The Morgan fingerprint density at radius 2 is 2.10 bits per heavy atom. The van der Waals surface area contributed by atoms with Crippen LogP contribution in [0.2, 0.25) is 0 Å². The van der Waals surface area contributed by atoms with Gasteiger partial charge in [0.05, 0.1) is 31.3 Å². The van der Waals surface area contributed by atoms with E-state index < -0.39 is 0 Å². The number of likely N-dealkylation sites (N-methyl/N-ethyl adjacent to an activating group) is 1.